The third-order valence-corrected chi connectivity index (χ3v) is 3.79. The van der Waals surface area contributed by atoms with Gasteiger partial charge in [-0.3, -0.25) is 4.98 Å². The van der Waals surface area contributed by atoms with E-state index in [0.717, 1.165) is 27.8 Å². The Hall–Kier alpha value is -1.10. The lowest BCUT2D eigenvalue weighted by molar-refractivity contribution is 0.303. The van der Waals surface area contributed by atoms with Crippen LogP contribution in [0.1, 0.15) is 30.3 Å². The van der Waals surface area contributed by atoms with Crippen LogP contribution in [0.25, 0.3) is 0 Å². The topological polar surface area (TPSA) is 34.1 Å². The summed E-state index contributed by atoms with van der Waals surface area (Å²) in [6.07, 6.45) is 1.83. The van der Waals surface area contributed by atoms with Gasteiger partial charge in [-0.05, 0) is 31.7 Å². The molecule has 0 bridgehead atoms. The quantitative estimate of drug-likeness (QED) is 0.873. The highest BCUT2D eigenvalue weighted by atomic mass is 35.5. The van der Waals surface area contributed by atoms with Crippen LogP contribution >= 0.6 is 22.9 Å². The summed E-state index contributed by atoms with van der Waals surface area (Å²) in [5.74, 6) is 0.867. The summed E-state index contributed by atoms with van der Waals surface area (Å²) in [6.45, 7) is 5.63. The second kappa shape index (κ2) is 6.89. The maximum atomic E-state index is 6.07. The minimum absolute atomic E-state index is 0.208. The van der Waals surface area contributed by atoms with Gasteiger partial charge in [0.25, 0.3) is 0 Å². The number of hydrogen-bond acceptors (Lipinski definition) is 4. The molecule has 1 N–H and O–H groups in total. The van der Waals surface area contributed by atoms with Gasteiger partial charge in [-0.2, -0.15) is 0 Å². The molecule has 0 aliphatic heterocycles. The molecule has 1 atom stereocenters. The number of rotatable bonds is 6. The number of halogens is 1. The number of hydrogen-bond donors (Lipinski definition) is 1. The van der Waals surface area contributed by atoms with Gasteiger partial charge in [0.1, 0.15) is 12.4 Å². The van der Waals surface area contributed by atoms with Crippen LogP contribution in [0.15, 0.2) is 29.9 Å². The van der Waals surface area contributed by atoms with E-state index in [1.54, 1.807) is 11.3 Å². The van der Waals surface area contributed by atoms with Gasteiger partial charge in [-0.25, -0.2) is 0 Å². The van der Waals surface area contributed by atoms with Crippen molar-refractivity contribution >= 4 is 22.9 Å². The summed E-state index contributed by atoms with van der Waals surface area (Å²) in [7, 11) is 0. The Morgan fingerprint density at radius 1 is 1.47 bits per heavy atom. The van der Waals surface area contributed by atoms with Gasteiger partial charge in [0.15, 0.2) is 0 Å². The first-order valence-corrected chi connectivity index (χ1v) is 7.49. The lowest BCUT2D eigenvalue weighted by Gasteiger charge is -2.17. The van der Waals surface area contributed by atoms with Gasteiger partial charge in [0.05, 0.1) is 10.4 Å². The van der Waals surface area contributed by atoms with E-state index >= 15 is 0 Å². The molecule has 3 nitrogen and oxygen atoms in total. The zero-order valence-corrected chi connectivity index (χ0v) is 12.6. The summed E-state index contributed by atoms with van der Waals surface area (Å²) in [4.78, 5) is 5.15. The van der Waals surface area contributed by atoms with Gasteiger partial charge in [0.2, 0.25) is 0 Å². The first-order chi connectivity index (χ1) is 9.20. The third-order valence-electron chi connectivity index (χ3n) is 2.80. The van der Waals surface area contributed by atoms with E-state index in [2.05, 4.69) is 24.1 Å². The van der Waals surface area contributed by atoms with Crippen LogP contribution in [0.3, 0.4) is 0 Å². The molecule has 1 aromatic carbocycles. The fraction of sp³-hybridized carbons (Fsp3) is 0.357. The Morgan fingerprint density at radius 3 is 3.00 bits per heavy atom. The molecule has 0 aliphatic rings. The molecule has 1 unspecified atom stereocenters. The van der Waals surface area contributed by atoms with E-state index < -0.39 is 0 Å². The lowest BCUT2D eigenvalue weighted by atomic mass is 10.1. The monoisotopic (exact) mass is 296 g/mol. The van der Waals surface area contributed by atoms with E-state index in [9.17, 15) is 0 Å². The van der Waals surface area contributed by atoms with E-state index in [4.69, 9.17) is 16.3 Å². The Balaban J connectivity index is 2.14. The van der Waals surface area contributed by atoms with Crippen LogP contribution in [-0.4, -0.2) is 11.5 Å². The molecule has 0 radical (unpaired) electrons. The lowest BCUT2D eigenvalue weighted by Crippen LogP contribution is -2.18. The summed E-state index contributed by atoms with van der Waals surface area (Å²) in [5.41, 5.74) is 2.89. The Bertz CT molecular complexity index is 516. The summed E-state index contributed by atoms with van der Waals surface area (Å²) in [6, 6.07) is 5.94. The number of ether oxygens (including phenoxy) is 1. The van der Waals surface area contributed by atoms with Crippen molar-refractivity contribution in [3.63, 3.8) is 0 Å². The van der Waals surface area contributed by atoms with Crippen LogP contribution < -0.4 is 10.1 Å². The van der Waals surface area contributed by atoms with Crippen LogP contribution in [-0.2, 0) is 6.61 Å². The molecule has 0 fully saturated rings. The molecule has 0 saturated carbocycles. The first-order valence-electron chi connectivity index (χ1n) is 6.23. The number of nitrogens with one attached hydrogen (secondary N) is 1. The number of thiazole rings is 1. The van der Waals surface area contributed by atoms with Crippen molar-refractivity contribution in [1.82, 2.24) is 10.3 Å². The highest BCUT2D eigenvalue weighted by Crippen LogP contribution is 2.29. The molecule has 1 heterocycles. The van der Waals surface area contributed by atoms with E-state index in [-0.39, 0.29) is 6.04 Å². The number of benzene rings is 1. The molecule has 102 valence electrons. The van der Waals surface area contributed by atoms with Crippen LogP contribution in [0, 0.1) is 0 Å². The third kappa shape index (κ3) is 3.93. The van der Waals surface area contributed by atoms with Crippen molar-refractivity contribution in [3.05, 3.63) is 45.4 Å². The molecule has 0 spiro atoms. The van der Waals surface area contributed by atoms with Crippen LogP contribution in [0.2, 0.25) is 5.02 Å². The smallest absolute Gasteiger partial charge is 0.124 e. The van der Waals surface area contributed by atoms with Crippen molar-refractivity contribution in [2.24, 2.45) is 0 Å². The van der Waals surface area contributed by atoms with E-state index in [1.165, 1.54) is 0 Å². The SMILES string of the molecule is CCNC(C)c1cc(Cl)ccc1OCc1cncs1. The van der Waals surface area contributed by atoms with Gasteiger partial charge in [0, 0.05) is 22.8 Å². The van der Waals surface area contributed by atoms with Gasteiger partial charge >= 0.3 is 0 Å². The van der Waals surface area contributed by atoms with E-state index in [0.29, 0.717) is 6.61 Å². The zero-order valence-electron chi connectivity index (χ0n) is 11.0. The van der Waals surface area contributed by atoms with Crippen molar-refractivity contribution < 1.29 is 4.74 Å². The van der Waals surface area contributed by atoms with Crippen molar-refractivity contribution in [2.75, 3.05) is 6.54 Å². The maximum Gasteiger partial charge on any atom is 0.124 e. The van der Waals surface area contributed by atoms with Crippen molar-refractivity contribution in [3.8, 4) is 5.75 Å². The average molecular weight is 297 g/mol. The Kier molecular flexibility index (Phi) is 5.19. The molecule has 0 aliphatic carbocycles. The Morgan fingerprint density at radius 2 is 2.32 bits per heavy atom. The second-order valence-electron chi connectivity index (χ2n) is 4.22. The zero-order chi connectivity index (χ0) is 13.7. The maximum absolute atomic E-state index is 6.07. The highest BCUT2D eigenvalue weighted by Gasteiger charge is 2.12. The molecular formula is C14H17ClN2OS. The minimum atomic E-state index is 0.208. The van der Waals surface area contributed by atoms with Crippen molar-refractivity contribution in [2.45, 2.75) is 26.5 Å². The van der Waals surface area contributed by atoms with E-state index in [1.807, 2.05) is 29.9 Å². The fourth-order valence-corrected chi connectivity index (χ4v) is 2.55. The van der Waals surface area contributed by atoms with Gasteiger partial charge < -0.3 is 10.1 Å². The summed E-state index contributed by atoms with van der Waals surface area (Å²) in [5, 5.41) is 4.10. The molecular weight excluding hydrogens is 280 g/mol. The predicted molar refractivity (Wildman–Crippen MR) is 80.0 cm³/mol. The second-order valence-corrected chi connectivity index (χ2v) is 5.63. The summed E-state index contributed by atoms with van der Waals surface area (Å²) < 4.78 is 5.88. The Labute approximate surface area is 122 Å². The fourth-order valence-electron chi connectivity index (χ4n) is 1.87. The highest BCUT2D eigenvalue weighted by molar-refractivity contribution is 7.09. The van der Waals surface area contributed by atoms with Gasteiger partial charge in [-0.15, -0.1) is 11.3 Å². The molecule has 0 amide bonds. The largest absolute Gasteiger partial charge is 0.488 e. The molecule has 2 aromatic rings. The van der Waals surface area contributed by atoms with Crippen LogP contribution in [0.4, 0.5) is 0 Å². The number of nitrogens with zero attached hydrogens (tertiary/aromatic N) is 1. The minimum Gasteiger partial charge on any atom is -0.488 e. The average Bonchev–Trinajstić information content (AvgIpc) is 2.90. The molecule has 19 heavy (non-hydrogen) atoms. The molecule has 5 heteroatoms. The molecule has 2 rings (SSSR count). The number of aromatic nitrogens is 1. The standard InChI is InChI=1S/C14H17ClN2OS/c1-3-17-10(2)13-6-11(15)4-5-14(13)18-8-12-7-16-9-19-12/h4-7,9-10,17H,3,8H2,1-2H3. The first kappa shape index (κ1) is 14.3. The normalized spacial score (nSPS) is 12.4. The van der Waals surface area contributed by atoms with Gasteiger partial charge in [-0.1, -0.05) is 18.5 Å². The van der Waals surface area contributed by atoms with Crippen molar-refractivity contribution in [1.29, 1.82) is 0 Å². The molecule has 0 saturated heterocycles. The van der Waals surface area contributed by atoms with Crippen LogP contribution in [0.5, 0.6) is 5.75 Å². The molecule has 1 aromatic heterocycles. The predicted octanol–water partition coefficient (Wildman–Crippen LogP) is 4.05. The summed E-state index contributed by atoms with van der Waals surface area (Å²) >= 11 is 7.66.